The highest BCUT2D eigenvalue weighted by atomic mass is 32.1. The molecule has 0 unspecified atom stereocenters. The molecule has 2 aromatic heterocycles. The second kappa shape index (κ2) is 6.49. The molecule has 2 N–H and O–H groups in total. The van der Waals surface area contributed by atoms with Gasteiger partial charge in [-0.2, -0.15) is 0 Å². The Hall–Kier alpha value is -2.21. The van der Waals surface area contributed by atoms with Gasteiger partial charge in [0.05, 0.1) is 17.8 Å². The van der Waals surface area contributed by atoms with Crippen LogP contribution in [0.5, 0.6) is 0 Å². The Balaban J connectivity index is 2.03. The van der Waals surface area contributed by atoms with Crippen LogP contribution in [0.25, 0.3) is 0 Å². The van der Waals surface area contributed by atoms with Crippen LogP contribution < -0.4 is 5.32 Å². The Kier molecular flexibility index (Phi) is 4.70. The number of rotatable bonds is 5. The van der Waals surface area contributed by atoms with E-state index in [0.717, 1.165) is 11.3 Å². The summed E-state index contributed by atoms with van der Waals surface area (Å²) in [6.45, 7) is 4.11. The van der Waals surface area contributed by atoms with Crippen LogP contribution >= 0.6 is 11.3 Å². The summed E-state index contributed by atoms with van der Waals surface area (Å²) >= 11 is 1.67. The summed E-state index contributed by atoms with van der Waals surface area (Å²) < 4.78 is 0. The number of hydrogen-bond donors (Lipinski definition) is 2. The molecule has 0 bridgehead atoms. The molecule has 0 fully saturated rings. The van der Waals surface area contributed by atoms with Crippen molar-refractivity contribution in [2.24, 2.45) is 0 Å². The Morgan fingerprint density at radius 2 is 1.95 bits per heavy atom. The molecule has 1 amide bonds. The van der Waals surface area contributed by atoms with Crippen molar-refractivity contribution in [2.75, 3.05) is 0 Å². The lowest BCUT2D eigenvalue weighted by Crippen LogP contribution is -2.24. The van der Waals surface area contributed by atoms with Crippen LogP contribution in [-0.2, 0) is 13.0 Å². The lowest BCUT2D eigenvalue weighted by atomic mass is 10.2. The van der Waals surface area contributed by atoms with Crippen LogP contribution in [0, 0.1) is 6.92 Å². The molecule has 0 aliphatic carbocycles. The summed E-state index contributed by atoms with van der Waals surface area (Å²) in [5.41, 5.74) is 0.668. The van der Waals surface area contributed by atoms with Gasteiger partial charge >= 0.3 is 5.97 Å². The summed E-state index contributed by atoms with van der Waals surface area (Å²) in [5.74, 6) is -1.35. The monoisotopic (exact) mass is 304 g/mol. The zero-order valence-corrected chi connectivity index (χ0v) is 12.7. The van der Waals surface area contributed by atoms with Gasteiger partial charge in [0, 0.05) is 9.75 Å². The number of nitrogens with zero attached hydrogens (tertiary/aromatic N) is 1. The number of pyridine rings is 1. The summed E-state index contributed by atoms with van der Waals surface area (Å²) in [6.07, 6.45) is 0.982. The molecule has 110 valence electrons. The zero-order valence-electron chi connectivity index (χ0n) is 11.8. The first-order valence-corrected chi connectivity index (χ1v) is 7.39. The van der Waals surface area contributed by atoms with Crippen molar-refractivity contribution in [3.63, 3.8) is 0 Å². The Morgan fingerprint density at radius 1 is 1.24 bits per heavy atom. The average molecular weight is 304 g/mol. The van der Waals surface area contributed by atoms with Gasteiger partial charge in [-0.25, -0.2) is 9.78 Å². The largest absolute Gasteiger partial charge is 0.478 e. The van der Waals surface area contributed by atoms with Crippen LogP contribution in [0.3, 0.4) is 0 Å². The Bertz CT molecular complexity index is 679. The molecule has 2 heterocycles. The minimum absolute atomic E-state index is 0.109. The van der Waals surface area contributed by atoms with Crippen LogP contribution in [0.1, 0.15) is 43.2 Å². The molecule has 2 aromatic rings. The fraction of sp³-hybridized carbons (Fsp3) is 0.267. The number of carbonyl (C=O) groups excluding carboxylic acids is 1. The number of carbonyl (C=O) groups is 2. The molecule has 5 nitrogen and oxygen atoms in total. The predicted octanol–water partition coefficient (Wildman–Crippen LogP) is 2.64. The SMILES string of the molecule is CCc1ccc(CNC(=O)c2ccc(C(=O)O)c(C)n2)s1. The number of hydrogen-bond acceptors (Lipinski definition) is 4. The molecule has 0 aliphatic heterocycles. The van der Waals surface area contributed by atoms with Crippen molar-refractivity contribution in [1.29, 1.82) is 0 Å². The number of thiophene rings is 1. The maximum absolute atomic E-state index is 12.0. The van der Waals surface area contributed by atoms with E-state index in [0.29, 0.717) is 12.2 Å². The van der Waals surface area contributed by atoms with Gasteiger partial charge in [-0.05, 0) is 37.6 Å². The second-order valence-electron chi connectivity index (χ2n) is 4.54. The minimum atomic E-state index is -1.04. The van der Waals surface area contributed by atoms with E-state index in [1.54, 1.807) is 18.3 Å². The molecule has 2 rings (SSSR count). The molecule has 21 heavy (non-hydrogen) atoms. The number of aromatic carboxylic acids is 1. The molecule has 0 saturated carbocycles. The van der Waals surface area contributed by atoms with Gasteiger partial charge in [-0.3, -0.25) is 4.79 Å². The fourth-order valence-electron chi connectivity index (χ4n) is 1.88. The smallest absolute Gasteiger partial charge is 0.337 e. The normalized spacial score (nSPS) is 10.4. The highest BCUT2D eigenvalue weighted by molar-refractivity contribution is 7.11. The third-order valence-electron chi connectivity index (χ3n) is 3.04. The van der Waals surface area contributed by atoms with Crippen molar-refractivity contribution < 1.29 is 14.7 Å². The molecular formula is C15H16N2O3S. The number of aromatic nitrogens is 1. The predicted molar refractivity (Wildman–Crippen MR) is 80.8 cm³/mol. The number of carboxylic acid groups (broad SMARTS) is 1. The molecule has 0 aromatic carbocycles. The fourth-order valence-corrected chi connectivity index (χ4v) is 2.78. The average Bonchev–Trinajstić information content (AvgIpc) is 2.92. The quantitative estimate of drug-likeness (QED) is 0.890. The van der Waals surface area contributed by atoms with E-state index in [9.17, 15) is 9.59 Å². The summed E-state index contributed by atoms with van der Waals surface area (Å²) in [6, 6.07) is 6.88. The van der Waals surface area contributed by atoms with E-state index in [-0.39, 0.29) is 17.2 Å². The number of aryl methyl sites for hydroxylation is 2. The van der Waals surface area contributed by atoms with E-state index in [2.05, 4.69) is 23.3 Å². The van der Waals surface area contributed by atoms with Gasteiger partial charge in [0.15, 0.2) is 0 Å². The van der Waals surface area contributed by atoms with Crippen molar-refractivity contribution in [3.05, 3.63) is 51.0 Å². The van der Waals surface area contributed by atoms with Crippen molar-refractivity contribution in [2.45, 2.75) is 26.8 Å². The van der Waals surface area contributed by atoms with Gasteiger partial charge in [0.25, 0.3) is 5.91 Å². The minimum Gasteiger partial charge on any atom is -0.478 e. The third kappa shape index (κ3) is 3.66. The van der Waals surface area contributed by atoms with Crippen molar-refractivity contribution >= 4 is 23.2 Å². The Morgan fingerprint density at radius 3 is 2.52 bits per heavy atom. The van der Waals surface area contributed by atoms with Gasteiger partial charge in [0.2, 0.25) is 0 Å². The first-order valence-electron chi connectivity index (χ1n) is 6.58. The lowest BCUT2D eigenvalue weighted by Gasteiger charge is -2.05. The van der Waals surface area contributed by atoms with Crippen LogP contribution in [0.2, 0.25) is 0 Å². The van der Waals surface area contributed by atoms with E-state index >= 15 is 0 Å². The summed E-state index contributed by atoms with van der Waals surface area (Å²) in [7, 11) is 0. The zero-order chi connectivity index (χ0) is 15.4. The first-order chi connectivity index (χ1) is 10.0. The van der Waals surface area contributed by atoms with Gasteiger partial charge < -0.3 is 10.4 Å². The maximum atomic E-state index is 12.0. The number of carboxylic acids is 1. The highest BCUT2D eigenvalue weighted by Crippen LogP contribution is 2.16. The van der Waals surface area contributed by atoms with Crippen LogP contribution in [0.4, 0.5) is 0 Å². The summed E-state index contributed by atoms with van der Waals surface area (Å²) in [4.78, 5) is 29.3. The molecule has 0 radical (unpaired) electrons. The molecular weight excluding hydrogens is 288 g/mol. The molecule has 6 heteroatoms. The highest BCUT2D eigenvalue weighted by Gasteiger charge is 2.13. The van der Waals surface area contributed by atoms with Gasteiger partial charge in [-0.1, -0.05) is 6.92 Å². The van der Waals surface area contributed by atoms with Crippen molar-refractivity contribution in [3.8, 4) is 0 Å². The third-order valence-corrected chi connectivity index (χ3v) is 4.27. The van der Waals surface area contributed by atoms with Crippen LogP contribution in [-0.4, -0.2) is 22.0 Å². The maximum Gasteiger partial charge on any atom is 0.337 e. The summed E-state index contributed by atoms with van der Waals surface area (Å²) in [5, 5.41) is 11.7. The topological polar surface area (TPSA) is 79.3 Å². The molecule has 0 saturated heterocycles. The van der Waals surface area contributed by atoms with Gasteiger partial charge in [-0.15, -0.1) is 11.3 Å². The molecule has 0 atom stereocenters. The van der Waals surface area contributed by atoms with Crippen LogP contribution in [0.15, 0.2) is 24.3 Å². The van der Waals surface area contributed by atoms with Gasteiger partial charge in [0.1, 0.15) is 5.69 Å². The Labute approximate surface area is 126 Å². The van der Waals surface area contributed by atoms with E-state index < -0.39 is 5.97 Å². The number of nitrogens with one attached hydrogen (secondary N) is 1. The lowest BCUT2D eigenvalue weighted by molar-refractivity contribution is 0.0694. The number of amides is 1. The molecule has 0 spiro atoms. The first kappa shape index (κ1) is 15.2. The second-order valence-corrected chi connectivity index (χ2v) is 5.79. The van der Waals surface area contributed by atoms with Crippen molar-refractivity contribution in [1.82, 2.24) is 10.3 Å². The standard InChI is InChI=1S/C15H16N2O3S/c1-3-10-4-5-11(21-10)8-16-14(18)13-7-6-12(15(19)20)9(2)17-13/h4-7H,3,8H2,1-2H3,(H,16,18)(H,19,20). The molecule has 0 aliphatic rings. The van der Waals surface area contributed by atoms with E-state index in [1.807, 2.05) is 6.07 Å². The van der Waals surface area contributed by atoms with E-state index in [4.69, 9.17) is 5.11 Å². The van der Waals surface area contributed by atoms with E-state index in [1.165, 1.54) is 17.0 Å².